The van der Waals surface area contributed by atoms with Crippen molar-refractivity contribution in [2.45, 2.75) is 6.42 Å². The molecule has 2 amide bonds. The zero-order valence-electron chi connectivity index (χ0n) is 18.3. The second-order valence-corrected chi connectivity index (χ2v) is 8.29. The summed E-state index contributed by atoms with van der Waals surface area (Å²) in [7, 11) is 0. The van der Waals surface area contributed by atoms with Gasteiger partial charge in [-0.1, -0.05) is 60.7 Å². The number of hydrazine groups is 1. The quantitative estimate of drug-likeness (QED) is 0.319. The highest BCUT2D eigenvalue weighted by Gasteiger charge is 2.11. The van der Waals surface area contributed by atoms with E-state index in [-0.39, 0.29) is 6.61 Å². The Balaban J connectivity index is 1.21. The molecule has 0 spiro atoms. The van der Waals surface area contributed by atoms with Crippen LogP contribution in [0.5, 0.6) is 11.5 Å². The number of hydrogen-bond donors (Lipinski definition) is 2. The van der Waals surface area contributed by atoms with Gasteiger partial charge in [0.15, 0.2) is 6.61 Å². The standard InChI is InChI=1S/C27H23BrN2O4/c28-26-23-9-5-4-8-20(23)12-15-24(26)34-18-25(31)29-30-27(32)21-10-13-22(14-11-21)33-17-16-19-6-2-1-3-7-19/h1-15H,16-18H2,(H,29,31)(H,30,32). The molecule has 172 valence electrons. The Bertz CT molecular complexity index is 1280. The first-order chi connectivity index (χ1) is 16.6. The van der Waals surface area contributed by atoms with Crippen LogP contribution in [0.3, 0.4) is 0 Å². The number of ether oxygens (including phenoxy) is 2. The van der Waals surface area contributed by atoms with E-state index in [2.05, 4.69) is 38.9 Å². The minimum Gasteiger partial charge on any atom is -0.493 e. The van der Waals surface area contributed by atoms with Crippen molar-refractivity contribution in [3.05, 3.63) is 107 Å². The summed E-state index contributed by atoms with van der Waals surface area (Å²) in [6.07, 6.45) is 0.799. The predicted molar refractivity (Wildman–Crippen MR) is 135 cm³/mol. The number of nitrogens with one attached hydrogen (secondary N) is 2. The molecule has 0 aliphatic heterocycles. The highest BCUT2D eigenvalue weighted by molar-refractivity contribution is 9.10. The maximum absolute atomic E-state index is 12.3. The van der Waals surface area contributed by atoms with Crippen molar-refractivity contribution in [2.75, 3.05) is 13.2 Å². The summed E-state index contributed by atoms with van der Waals surface area (Å²) in [4.78, 5) is 24.4. The molecule has 0 saturated carbocycles. The zero-order valence-corrected chi connectivity index (χ0v) is 19.9. The molecule has 0 unspecified atom stereocenters. The SMILES string of the molecule is O=C(COc1ccc2ccccc2c1Br)NNC(=O)c1ccc(OCCc2ccccc2)cc1. The fraction of sp³-hybridized carbons (Fsp3) is 0.111. The molecule has 0 aliphatic rings. The van der Waals surface area contributed by atoms with E-state index < -0.39 is 11.8 Å². The van der Waals surface area contributed by atoms with Crippen LogP contribution in [0.2, 0.25) is 0 Å². The number of rotatable bonds is 8. The fourth-order valence-corrected chi connectivity index (χ4v) is 3.94. The fourth-order valence-electron chi connectivity index (χ4n) is 3.34. The van der Waals surface area contributed by atoms with Crippen LogP contribution in [0, 0.1) is 0 Å². The van der Waals surface area contributed by atoms with E-state index in [1.54, 1.807) is 30.3 Å². The number of amides is 2. The Labute approximate surface area is 206 Å². The molecule has 6 nitrogen and oxygen atoms in total. The van der Waals surface area contributed by atoms with Gasteiger partial charge in [0, 0.05) is 12.0 Å². The van der Waals surface area contributed by atoms with Gasteiger partial charge >= 0.3 is 0 Å². The van der Waals surface area contributed by atoms with Gasteiger partial charge in [0.25, 0.3) is 11.8 Å². The lowest BCUT2D eigenvalue weighted by molar-refractivity contribution is -0.123. The molecule has 0 radical (unpaired) electrons. The largest absolute Gasteiger partial charge is 0.493 e. The first kappa shape index (κ1) is 23.3. The molecule has 0 bridgehead atoms. The summed E-state index contributed by atoms with van der Waals surface area (Å²) in [6.45, 7) is 0.296. The predicted octanol–water partition coefficient (Wildman–Crippen LogP) is 5.06. The number of fused-ring (bicyclic) bond motifs is 1. The van der Waals surface area contributed by atoms with Crippen LogP contribution in [0.25, 0.3) is 10.8 Å². The summed E-state index contributed by atoms with van der Waals surface area (Å²) in [6, 6.07) is 28.4. The lowest BCUT2D eigenvalue weighted by Gasteiger charge is -2.11. The van der Waals surface area contributed by atoms with Gasteiger partial charge in [0.2, 0.25) is 0 Å². The number of carbonyl (C=O) groups excluding carboxylic acids is 2. The van der Waals surface area contributed by atoms with Gasteiger partial charge in [0.1, 0.15) is 11.5 Å². The van der Waals surface area contributed by atoms with E-state index >= 15 is 0 Å². The lowest BCUT2D eigenvalue weighted by atomic mass is 10.1. The molecule has 0 heterocycles. The summed E-state index contributed by atoms with van der Waals surface area (Å²) < 4.78 is 12.1. The second-order valence-electron chi connectivity index (χ2n) is 7.50. The smallest absolute Gasteiger partial charge is 0.276 e. The van der Waals surface area contributed by atoms with Crippen LogP contribution in [-0.2, 0) is 11.2 Å². The Kier molecular flexibility index (Phi) is 7.78. The Hall–Kier alpha value is -3.84. The monoisotopic (exact) mass is 518 g/mol. The van der Waals surface area contributed by atoms with Crippen molar-refractivity contribution >= 4 is 38.5 Å². The molecule has 4 aromatic carbocycles. The van der Waals surface area contributed by atoms with Gasteiger partial charge in [-0.15, -0.1) is 0 Å². The minimum absolute atomic E-state index is 0.245. The van der Waals surface area contributed by atoms with E-state index in [1.165, 1.54) is 5.56 Å². The molecule has 0 aliphatic carbocycles. The third-order valence-electron chi connectivity index (χ3n) is 5.12. The normalized spacial score (nSPS) is 10.5. The maximum Gasteiger partial charge on any atom is 0.276 e. The Morgan fingerprint density at radius 3 is 2.29 bits per heavy atom. The van der Waals surface area contributed by atoms with E-state index in [0.29, 0.717) is 23.7 Å². The number of carbonyl (C=O) groups is 2. The highest BCUT2D eigenvalue weighted by atomic mass is 79.9. The van der Waals surface area contributed by atoms with Crippen LogP contribution in [0.15, 0.2) is 95.5 Å². The molecule has 7 heteroatoms. The van der Waals surface area contributed by atoms with E-state index in [1.807, 2.05) is 48.5 Å². The summed E-state index contributed by atoms with van der Waals surface area (Å²) in [5.74, 6) is 0.305. The van der Waals surface area contributed by atoms with E-state index in [0.717, 1.165) is 21.7 Å². The number of halogens is 1. The average molecular weight is 519 g/mol. The van der Waals surface area contributed by atoms with Crippen molar-refractivity contribution in [1.29, 1.82) is 0 Å². The summed E-state index contributed by atoms with van der Waals surface area (Å²) >= 11 is 3.52. The second kappa shape index (κ2) is 11.3. The van der Waals surface area contributed by atoms with Crippen LogP contribution >= 0.6 is 15.9 Å². The molecular weight excluding hydrogens is 496 g/mol. The molecule has 2 N–H and O–H groups in total. The molecular formula is C27H23BrN2O4. The summed E-state index contributed by atoms with van der Waals surface area (Å²) in [5, 5.41) is 2.05. The first-order valence-electron chi connectivity index (χ1n) is 10.8. The van der Waals surface area contributed by atoms with Crippen LogP contribution < -0.4 is 20.3 Å². The van der Waals surface area contributed by atoms with Crippen LogP contribution in [-0.4, -0.2) is 25.0 Å². The van der Waals surface area contributed by atoms with Gasteiger partial charge in [-0.2, -0.15) is 0 Å². The third kappa shape index (κ3) is 6.14. The van der Waals surface area contributed by atoms with Gasteiger partial charge in [0.05, 0.1) is 11.1 Å². The van der Waals surface area contributed by atoms with Crippen molar-refractivity contribution in [3.63, 3.8) is 0 Å². The van der Waals surface area contributed by atoms with Crippen LogP contribution in [0.4, 0.5) is 0 Å². The van der Waals surface area contributed by atoms with Crippen molar-refractivity contribution in [2.24, 2.45) is 0 Å². The molecule has 34 heavy (non-hydrogen) atoms. The number of hydrogen-bond acceptors (Lipinski definition) is 4. The van der Waals surface area contributed by atoms with Gasteiger partial charge in [-0.25, -0.2) is 0 Å². The van der Waals surface area contributed by atoms with E-state index in [9.17, 15) is 9.59 Å². The van der Waals surface area contributed by atoms with Crippen molar-refractivity contribution < 1.29 is 19.1 Å². The number of benzene rings is 4. The average Bonchev–Trinajstić information content (AvgIpc) is 2.88. The third-order valence-corrected chi connectivity index (χ3v) is 5.94. The molecule has 0 fully saturated rings. The highest BCUT2D eigenvalue weighted by Crippen LogP contribution is 2.32. The van der Waals surface area contributed by atoms with Gasteiger partial charge in [-0.05, 0) is 62.6 Å². The Morgan fingerprint density at radius 2 is 1.50 bits per heavy atom. The molecule has 0 aromatic heterocycles. The Morgan fingerprint density at radius 1 is 0.765 bits per heavy atom. The minimum atomic E-state index is -0.478. The van der Waals surface area contributed by atoms with Crippen molar-refractivity contribution in [1.82, 2.24) is 10.9 Å². The molecule has 0 atom stereocenters. The topological polar surface area (TPSA) is 76.7 Å². The van der Waals surface area contributed by atoms with E-state index in [4.69, 9.17) is 9.47 Å². The van der Waals surface area contributed by atoms with Gasteiger partial charge < -0.3 is 9.47 Å². The first-order valence-corrected chi connectivity index (χ1v) is 11.6. The maximum atomic E-state index is 12.3. The molecule has 4 aromatic rings. The molecule has 0 saturated heterocycles. The lowest BCUT2D eigenvalue weighted by Crippen LogP contribution is -2.43. The van der Waals surface area contributed by atoms with Gasteiger partial charge in [-0.3, -0.25) is 20.4 Å². The van der Waals surface area contributed by atoms with Crippen LogP contribution in [0.1, 0.15) is 15.9 Å². The zero-order chi connectivity index (χ0) is 23.8. The molecule has 4 rings (SSSR count). The summed E-state index contributed by atoms with van der Waals surface area (Å²) in [5.41, 5.74) is 6.35. The van der Waals surface area contributed by atoms with Crippen molar-refractivity contribution in [3.8, 4) is 11.5 Å².